The van der Waals surface area contributed by atoms with Crippen molar-refractivity contribution in [2.24, 2.45) is 0 Å². The molecule has 0 amide bonds. The van der Waals surface area contributed by atoms with Gasteiger partial charge in [0.1, 0.15) is 11.2 Å². The van der Waals surface area contributed by atoms with Gasteiger partial charge in [-0.2, -0.15) is 0 Å². The van der Waals surface area contributed by atoms with Crippen molar-refractivity contribution in [2.75, 3.05) is 0 Å². The van der Waals surface area contributed by atoms with Crippen molar-refractivity contribution in [3.63, 3.8) is 0 Å². The Labute approximate surface area is 283 Å². The van der Waals surface area contributed by atoms with E-state index in [1.807, 2.05) is 78.9 Å². The summed E-state index contributed by atoms with van der Waals surface area (Å²) in [7, 11) is 0. The Morgan fingerprint density at radius 3 is 1.69 bits per heavy atom. The van der Waals surface area contributed by atoms with Crippen LogP contribution in [-0.2, 0) is 5.41 Å². The van der Waals surface area contributed by atoms with E-state index in [2.05, 4.69) is 84.9 Å². The van der Waals surface area contributed by atoms with Crippen molar-refractivity contribution in [3.05, 3.63) is 191 Å². The summed E-state index contributed by atoms with van der Waals surface area (Å²) in [5, 5.41) is 0.665. The summed E-state index contributed by atoms with van der Waals surface area (Å²) < 4.78 is 0. The molecule has 9 rings (SSSR count). The maximum Gasteiger partial charge on any atom is 0.183 e. The first-order valence-corrected chi connectivity index (χ1v) is 16.3. The fourth-order valence-corrected chi connectivity index (χ4v) is 7.33. The minimum Gasteiger partial charge on any atom is -0.243 e. The predicted molar refractivity (Wildman–Crippen MR) is 194 cm³/mol. The van der Waals surface area contributed by atoms with Crippen molar-refractivity contribution in [1.29, 1.82) is 0 Å². The molecule has 0 saturated carbocycles. The lowest BCUT2D eigenvalue weighted by atomic mass is 9.69. The van der Waals surface area contributed by atoms with Crippen LogP contribution in [0.15, 0.2) is 164 Å². The second-order valence-corrected chi connectivity index (χ2v) is 12.4. The molecule has 0 spiro atoms. The van der Waals surface area contributed by atoms with Gasteiger partial charge in [-0.1, -0.05) is 163 Å². The Hall–Kier alpha value is -5.97. The molecule has 2 heterocycles. The smallest absolute Gasteiger partial charge is 0.183 e. The number of nitrogens with zero attached hydrogens (tertiary/aromatic N) is 4. The highest BCUT2D eigenvalue weighted by Gasteiger charge is 2.49. The van der Waals surface area contributed by atoms with E-state index in [0.717, 1.165) is 61.6 Å². The van der Waals surface area contributed by atoms with E-state index in [9.17, 15) is 0 Å². The molecule has 5 heteroatoms. The molecule has 0 saturated heterocycles. The lowest BCUT2D eigenvalue weighted by Crippen LogP contribution is -2.31. The minimum atomic E-state index is -0.837. The topological polar surface area (TPSA) is 51.6 Å². The molecule has 1 aliphatic rings. The lowest BCUT2D eigenvalue weighted by Gasteiger charge is -2.34. The van der Waals surface area contributed by atoms with Gasteiger partial charge in [-0.15, -0.1) is 0 Å². The molecule has 48 heavy (non-hydrogen) atoms. The summed E-state index contributed by atoms with van der Waals surface area (Å²) in [5.74, 6) is 0.601. The van der Waals surface area contributed by atoms with E-state index < -0.39 is 5.41 Å². The molecule has 2 aromatic heterocycles. The summed E-state index contributed by atoms with van der Waals surface area (Å²) in [5.41, 5.74) is 11.0. The van der Waals surface area contributed by atoms with E-state index in [1.165, 1.54) is 0 Å². The summed E-state index contributed by atoms with van der Waals surface area (Å²) in [6.07, 6.45) is 0. The zero-order chi connectivity index (χ0) is 32.1. The first-order valence-electron chi connectivity index (χ1n) is 15.9. The summed E-state index contributed by atoms with van der Waals surface area (Å²) in [4.78, 5) is 21.4. The van der Waals surface area contributed by atoms with E-state index in [0.29, 0.717) is 22.0 Å². The lowest BCUT2D eigenvalue weighted by molar-refractivity contribution is 0.736. The van der Waals surface area contributed by atoms with E-state index in [-0.39, 0.29) is 0 Å². The highest BCUT2D eigenvalue weighted by atomic mass is 35.5. The largest absolute Gasteiger partial charge is 0.243 e. The van der Waals surface area contributed by atoms with Crippen LogP contribution < -0.4 is 0 Å². The fourth-order valence-electron chi connectivity index (χ4n) is 7.16. The maximum absolute atomic E-state index is 6.85. The average molecular weight is 635 g/mol. The number of aromatic nitrogens is 4. The summed E-state index contributed by atoms with van der Waals surface area (Å²) in [6, 6.07) is 55.9. The minimum absolute atomic E-state index is 0.533. The molecule has 0 fully saturated rings. The van der Waals surface area contributed by atoms with Crippen LogP contribution >= 0.6 is 11.6 Å². The normalized spacial score (nSPS) is 14.9. The van der Waals surface area contributed by atoms with Crippen LogP contribution in [-0.4, -0.2) is 19.9 Å². The van der Waals surface area contributed by atoms with Crippen LogP contribution in [0.5, 0.6) is 0 Å². The first-order chi connectivity index (χ1) is 23.7. The molecule has 0 bridgehead atoms. The van der Waals surface area contributed by atoms with Gasteiger partial charge in [0.25, 0.3) is 0 Å². The van der Waals surface area contributed by atoms with E-state index in [1.54, 1.807) is 0 Å². The second kappa shape index (κ2) is 11.4. The van der Waals surface area contributed by atoms with Crippen molar-refractivity contribution in [2.45, 2.75) is 5.41 Å². The molecule has 1 atom stereocenters. The Balaban J connectivity index is 1.48. The van der Waals surface area contributed by atoms with Gasteiger partial charge in [0.2, 0.25) is 0 Å². The molecule has 226 valence electrons. The fraction of sp³-hybridized carbons (Fsp3) is 0.0233. The number of rotatable bonds is 5. The third-order valence-corrected chi connectivity index (χ3v) is 9.46. The SMILES string of the molecule is Clc1ccc2c(c1)C(c1ccccc1)(c1nc3c(-c4ccccc4)nc(-c4ccccc4)nc3nc1-c1ccccc1)c1ccccc1-2. The third kappa shape index (κ3) is 4.38. The molecule has 0 N–H and O–H groups in total. The number of fused-ring (bicyclic) bond motifs is 4. The van der Waals surface area contributed by atoms with Gasteiger partial charge in [-0.3, -0.25) is 0 Å². The average Bonchev–Trinajstić information content (AvgIpc) is 3.45. The highest BCUT2D eigenvalue weighted by Crippen LogP contribution is 2.57. The zero-order valence-electron chi connectivity index (χ0n) is 25.8. The van der Waals surface area contributed by atoms with Crippen LogP contribution in [0.2, 0.25) is 5.02 Å². The molecule has 0 aliphatic heterocycles. The summed E-state index contributed by atoms with van der Waals surface area (Å²) >= 11 is 6.85. The van der Waals surface area contributed by atoms with Crippen LogP contribution in [0, 0.1) is 0 Å². The zero-order valence-corrected chi connectivity index (χ0v) is 26.5. The van der Waals surface area contributed by atoms with E-state index >= 15 is 0 Å². The summed E-state index contributed by atoms with van der Waals surface area (Å²) in [6.45, 7) is 0. The van der Waals surface area contributed by atoms with Gasteiger partial charge in [0.05, 0.1) is 16.8 Å². The van der Waals surface area contributed by atoms with Gasteiger partial charge in [0, 0.05) is 21.7 Å². The number of hydrogen-bond donors (Lipinski definition) is 0. The van der Waals surface area contributed by atoms with Crippen molar-refractivity contribution < 1.29 is 0 Å². The first kappa shape index (κ1) is 28.3. The van der Waals surface area contributed by atoms with Gasteiger partial charge >= 0.3 is 0 Å². The molecule has 6 aromatic carbocycles. The maximum atomic E-state index is 6.85. The Kier molecular flexibility index (Phi) is 6.70. The van der Waals surface area contributed by atoms with Crippen LogP contribution in [0.25, 0.3) is 56.2 Å². The Morgan fingerprint density at radius 2 is 1.00 bits per heavy atom. The Bertz CT molecular complexity index is 2450. The van der Waals surface area contributed by atoms with Crippen LogP contribution in [0.1, 0.15) is 22.4 Å². The quantitative estimate of drug-likeness (QED) is 0.189. The molecule has 8 aromatic rings. The molecule has 4 nitrogen and oxygen atoms in total. The number of benzene rings is 6. The monoisotopic (exact) mass is 634 g/mol. The molecule has 0 radical (unpaired) electrons. The van der Waals surface area contributed by atoms with Crippen molar-refractivity contribution in [1.82, 2.24) is 19.9 Å². The van der Waals surface area contributed by atoms with Gasteiger partial charge in [0.15, 0.2) is 11.5 Å². The molecular weight excluding hydrogens is 608 g/mol. The van der Waals surface area contributed by atoms with Gasteiger partial charge in [-0.05, 0) is 39.9 Å². The van der Waals surface area contributed by atoms with Crippen molar-refractivity contribution in [3.8, 4) is 45.0 Å². The molecular formula is C43H27ClN4. The van der Waals surface area contributed by atoms with Gasteiger partial charge in [-0.25, -0.2) is 19.9 Å². The van der Waals surface area contributed by atoms with Crippen LogP contribution in [0.3, 0.4) is 0 Å². The van der Waals surface area contributed by atoms with Crippen LogP contribution in [0.4, 0.5) is 0 Å². The Morgan fingerprint density at radius 1 is 0.438 bits per heavy atom. The van der Waals surface area contributed by atoms with Gasteiger partial charge < -0.3 is 0 Å². The number of hydrogen-bond acceptors (Lipinski definition) is 4. The standard InChI is InChI=1S/C43H27ClN4/c44-32-25-26-34-33-23-13-14-24-35(33)43(36(34)27-32,31-21-11-4-12-22-31)40-38(29-17-7-2-8-18-29)47-42-39(45-40)37(28-15-5-1-6-16-28)46-41(48-42)30-19-9-3-10-20-30/h1-27H. The van der Waals surface area contributed by atoms with Crippen molar-refractivity contribution >= 4 is 22.8 Å². The van der Waals surface area contributed by atoms with E-state index in [4.69, 9.17) is 31.5 Å². The molecule has 1 unspecified atom stereocenters. The second-order valence-electron chi connectivity index (χ2n) is 11.9. The highest BCUT2D eigenvalue weighted by molar-refractivity contribution is 6.30. The third-order valence-electron chi connectivity index (χ3n) is 9.23. The molecule has 1 aliphatic carbocycles. The predicted octanol–water partition coefficient (Wildman–Crippen LogP) is 10.4. The number of halogens is 1.